The molecule has 104 valence electrons. The van der Waals surface area contributed by atoms with Gasteiger partial charge in [-0.2, -0.15) is 10.4 Å². The number of nitriles is 1. The van der Waals surface area contributed by atoms with E-state index in [2.05, 4.69) is 28.5 Å². The number of β-amino-alcohol motifs (C(OH)–C–C–N with tert-alkyl or cyclic N) is 1. The number of H-pyrrole nitrogens is 1. The fourth-order valence-electron chi connectivity index (χ4n) is 2.76. The first-order valence-corrected chi connectivity index (χ1v) is 6.91. The lowest BCUT2D eigenvalue weighted by Crippen LogP contribution is -2.49. The second-order valence-corrected chi connectivity index (χ2v) is 5.82. The van der Waals surface area contributed by atoms with Gasteiger partial charge in [0, 0.05) is 17.5 Å². The largest absolute Gasteiger partial charge is 0.387 e. The Hall–Kier alpha value is -1.90. The van der Waals surface area contributed by atoms with E-state index in [1.165, 1.54) is 6.42 Å². The summed E-state index contributed by atoms with van der Waals surface area (Å²) in [5.41, 5.74) is 2.23. The third kappa shape index (κ3) is 2.28. The maximum Gasteiger partial charge on any atom is 0.0992 e. The third-order valence-corrected chi connectivity index (χ3v) is 4.26. The van der Waals surface area contributed by atoms with Gasteiger partial charge in [-0.15, -0.1) is 0 Å². The first-order chi connectivity index (χ1) is 9.61. The molecule has 1 fully saturated rings. The van der Waals surface area contributed by atoms with Crippen molar-refractivity contribution in [3.8, 4) is 6.07 Å². The van der Waals surface area contributed by atoms with Gasteiger partial charge in [0.15, 0.2) is 0 Å². The Bertz CT molecular complexity index is 666. The fourth-order valence-corrected chi connectivity index (χ4v) is 2.76. The average Bonchev–Trinajstić information content (AvgIpc) is 2.89. The van der Waals surface area contributed by atoms with Gasteiger partial charge in [0.25, 0.3) is 0 Å². The molecule has 5 nitrogen and oxygen atoms in total. The van der Waals surface area contributed by atoms with Gasteiger partial charge in [0.05, 0.1) is 29.5 Å². The molecule has 20 heavy (non-hydrogen) atoms. The van der Waals surface area contributed by atoms with Crippen molar-refractivity contribution in [3.63, 3.8) is 0 Å². The zero-order chi connectivity index (χ0) is 14.2. The predicted molar refractivity (Wildman–Crippen MR) is 76.0 cm³/mol. The number of rotatable bonds is 4. The Morgan fingerprint density at radius 3 is 3.00 bits per heavy atom. The summed E-state index contributed by atoms with van der Waals surface area (Å²) >= 11 is 0. The van der Waals surface area contributed by atoms with Gasteiger partial charge in [-0.1, -0.05) is 0 Å². The molecule has 0 bridgehead atoms. The van der Waals surface area contributed by atoms with Crippen LogP contribution < -0.4 is 5.32 Å². The number of fused-ring (bicyclic) bond motifs is 1. The van der Waals surface area contributed by atoms with E-state index in [-0.39, 0.29) is 5.54 Å². The van der Waals surface area contributed by atoms with Gasteiger partial charge in [-0.3, -0.25) is 5.10 Å². The lowest BCUT2D eigenvalue weighted by atomic mass is 9.78. The van der Waals surface area contributed by atoms with Crippen LogP contribution in [0.2, 0.25) is 0 Å². The number of nitrogens with zero attached hydrogens (tertiary/aromatic N) is 2. The van der Waals surface area contributed by atoms with E-state index in [9.17, 15) is 5.11 Å². The number of benzene rings is 1. The van der Waals surface area contributed by atoms with Crippen LogP contribution in [0.15, 0.2) is 18.3 Å². The van der Waals surface area contributed by atoms with E-state index >= 15 is 0 Å². The fraction of sp³-hybridized carbons (Fsp3) is 0.467. The van der Waals surface area contributed by atoms with Crippen LogP contribution in [0.5, 0.6) is 0 Å². The van der Waals surface area contributed by atoms with Crippen molar-refractivity contribution in [1.82, 2.24) is 15.5 Å². The van der Waals surface area contributed by atoms with E-state index in [0.717, 1.165) is 29.3 Å². The Labute approximate surface area is 117 Å². The molecule has 1 aromatic heterocycles. The molecule has 1 atom stereocenters. The quantitative estimate of drug-likeness (QED) is 0.793. The molecule has 0 radical (unpaired) electrons. The molecule has 0 aliphatic heterocycles. The molecule has 0 amide bonds. The van der Waals surface area contributed by atoms with Crippen molar-refractivity contribution in [2.45, 2.75) is 37.8 Å². The van der Waals surface area contributed by atoms with E-state index in [1.54, 1.807) is 18.3 Å². The van der Waals surface area contributed by atoms with E-state index in [4.69, 9.17) is 5.26 Å². The highest BCUT2D eigenvalue weighted by molar-refractivity contribution is 5.83. The van der Waals surface area contributed by atoms with Crippen LogP contribution in [0.4, 0.5) is 0 Å². The van der Waals surface area contributed by atoms with Gasteiger partial charge in [-0.25, -0.2) is 0 Å². The normalized spacial score (nSPS) is 18.4. The van der Waals surface area contributed by atoms with Gasteiger partial charge in [-0.05, 0) is 43.9 Å². The summed E-state index contributed by atoms with van der Waals surface area (Å²) in [6, 6.07) is 5.61. The smallest absolute Gasteiger partial charge is 0.0992 e. The van der Waals surface area contributed by atoms with Crippen LogP contribution in [0.1, 0.15) is 43.4 Å². The van der Waals surface area contributed by atoms with Crippen molar-refractivity contribution in [2.75, 3.05) is 6.54 Å². The van der Waals surface area contributed by atoms with E-state index in [1.807, 2.05) is 0 Å². The molecule has 0 saturated heterocycles. The summed E-state index contributed by atoms with van der Waals surface area (Å²) in [5, 5.41) is 30.6. The van der Waals surface area contributed by atoms with Crippen molar-refractivity contribution >= 4 is 10.9 Å². The monoisotopic (exact) mass is 270 g/mol. The Morgan fingerprint density at radius 2 is 2.35 bits per heavy atom. The number of aliphatic hydroxyl groups is 1. The molecule has 1 aromatic carbocycles. The molecular formula is C15H18N4O. The molecule has 1 aliphatic rings. The molecular weight excluding hydrogens is 252 g/mol. The first-order valence-electron chi connectivity index (χ1n) is 6.91. The maximum atomic E-state index is 10.4. The second-order valence-electron chi connectivity index (χ2n) is 5.82. The highest BCUT2D eigenvalue weighted by Gasteiger charge is 2.31. The van der Waals surface area contributed by atoms with Gasteiger partial charge < -0.3 is 10.4 Å². The van der Waals surface area contributed by atoms with Crippen molar-refractivity contribution in [1.29, 1.82) is 5.26 Å². The molecule has 1 heterocycles. The van der Waals surface area contributed by atoms with Crippen molar-refractivity contribution < 1.29 is 5.11 Å². The van der Waals surface area contributed by atoms with Crippen molar-refractivity contribution in [2.24, 2.45) is 0 Å². The summed E-state index contributed by atoms with van der Waals surface area (Å²) in [5.74, 6) is 0. The summed E-state index contributed by atoms with van der Waals surface area (Å²) < 4.78 is 0. The molecule has 0 unspecified atom stereocenters. The number of aliphatic hydroxyl groups excluding tert-OH is 1. The molecule has 1 aliphatic carbocycles. The lowest BCUT2D eigenvalue weighted by molar-refractivity contribution is 0.133. The number of hydrogen-bond acceptors (Lipinski definition) is 4. The third-order valence-electron chi connectivity index (χ3n) is 4.26. The number of aromatic nitrogens is 2. The van der Waals surface area contributed by atoms with Gasteiger partial charge in [0.1, 0.15) is 0 Å². The minimum Gasteiger partial charge on any atom is -0.387 e. The standard InChI is InChI=1S/C15H18N4O/c1-15(3-2-4-15)17-9-14(20)11-5-10(7-16)6-13-12(11)8-18-19-13/h5-6,8,14,17,20H,2-4,9H2,1H3,(H,18,19)/t14-/m0/s1. The number of hydrogen-bond donors (Lipinski definition) is 3. The van der Waals surface area contributed by atoms with Crippen LogP contribution in [0, 0.1) is 11.3 Å². The van der Waals surface area contributed by atoms with Crippen LogP contribution in [0.3, 0.4) is 0 Å². The number of aromatic amines is 1. The first kappa shape index (κ1) is 13.1. The summed E-state index contributed by atoms with van der Waals surface area (Å²) in [7, 11) is 0. The molecule has 3 N–H and O–H groups in total. The Kier molecular flexibility index (Phi) is 3.20. The summed E-state index contributed by atoms with van der Waals surface area (Å²) in [6.07, 6.45) is 4.61. The highest BCUT2D eigenvalue weighted by atomic mass is 16.3. The average molecular weight is 270 g/mol. The minimum atomic E-state index is -0.638. The zero-order valence-corrected chi connectivity index (χ0v) is 11.5. The maximum absolute atomic E-state index is 10.4. The van der Waals surface area contributed by atoms with Crippen LogP contribution in [-0.4, -0.2) is 27.4 Å². The SMILES string of the molecule is CC1(NC[C@H](O)c2cc(C#N)cc3[nH]ncc23)CCC1. The van der Waals surface area contributed by atoms with Gasteiger partial charge >= 0.3 is 0 Å². The Morgan fingerprint density at radius 1 is 1.55 bits per heavy atom. The summed E-state index contributed by atoms with van der Waals surface area (Å²) in [6.45, 7) is 2.67. The molecule has 2 aromatic rings. The highest BCUT2D eigenvalue weighted by Crippen LogP contribution is 2.32. The minimum absolute atomic E-state index is 0.156. The molecule has 1 saturated carbocycles. The van der Waals surface area contributed by atoms with Crippen molar-refractivity contribution in [3.05, 3.63) is 29.5 Å². The van der Waals surface area contributed by atoms with Gasteiger partial charge in [0.2, 0.25) is 0 Å². The Balaban J connectivity index is 1.84. The van der Waals surface area contributed by atoms with Crippen LogP contribution >= 0.6 is 0 Å². The predicted octanol–water partition coefficient (Wildman–Crippen LogP) is 2.00. The number of nitrogens with one attached hydrogen (secondary N) is 2. The summed E-state index contributed by atoms with van der Waals surface area (Å²) in [4.78, 5) is 0. The lowest BCUT2D eigenvalue weighted by Gasteiger charge is -2.40. The van der Waals surface area contributed by atoms with Crippen LogP contribution in [0.25, 0.3) is 10.9 Å². The molecule has 5 heteroatoms. The molecule has 0 spiro atoms. The van der Waals surface area contributed by atoms with E-state index in [0.29, 0.717) is 12.1 Å². The molecule has 3 rings (SSSR count). The van der Waals surface area contributed by atoms with Crippen LogP contribution in [-0.2, 0) is 0 Å². The topological polar surface area (TPSA) is 84.7 Å². The second kappa shape index (κ2) is 4.89. The zero-order valence-electron chi connectivity index (χ0n) is 11.5. The van der Waals surface area contributed by atoms with E-state index < -0.39 is 6.10 Å².